The molecule has 1 aromatic heterocycles. The molecule has 0 amide bonds. The van der Waals surface area contributed by atoms with Gasteiger partial charge < -0.3 is 10.2 Å². The third kappa shape index (κ3) is 4.24. The first-order chi connectivity index (χ1) is 12.8. The van der Waals surface area contributed by atoms with Crippen molar-refractivity contribution in [1.29, 1.82) is 0 Å². The number of benzene rings is 1. The number of rotatable bonds is 6. The maximum atomic E-state index is 13.2. The number of hydrogen-bond acceptors (Lipinski definition) is 6. The molecule has 146 valence electrons. The van der Waals surface area contributed by atoms with Crippen LogP contribution in [0.4, 0.5) is 5.82 Å². The minimum atomic E-state index is -3.65. The highest BCUT2D eigenvalue weighted by Gasteiger charge is 2.38. The van der Waals surface area contributed by atoms with Gasteiger partial charge in [0.2, 0.25) is 10.0 Å². The number of aromatic nitrogens is 2. The molecule has 3 rings (SSSR count). The average molecular weight is 410 g/mol. The summed E-state index contributed by atoms with van der Waals surface area (Å²) >= 11 is 5.90. The quantitative estimate of drug-likeness (QED) is 0.789. The molecule has 0 saturated carbocycles. The zero-order valence-electron chi connectivity index (χ0n) is 15.7. The van der Waals surface area contributed by atoms with Crippen molar-refractivity contribution in [2.45, 2.75) is 30.3 Å². The number of sulfonamides is 1. The zero-order valence-corrected chi connectivity index (χ0v) is 17.3. The van der Waals surface area contributed by atoms with E-state index in [1.165, 1.54) is 16.4 Å². The summed E-state index contributed by atoms with van der Waals surface area (Å²) in [6.07, 6.45) is 1.47. The molecule has 1 saturated heterocycles. The highest BCUT2D eigenvalue weighted by atomic mass is 35.5. The topological polar surface area (TPSA) is 78.4 Å². The summed E-state index contributed by atoms with van der Waals surface area (Å²) in [5.74, 6) is 1.31. The van der Waals surface area contributed by atoms with Crippen molar-refractivity contribution in [1.82, 2.24) is 19.6 Å². The number of halogens is 1. The maximum Gasteiger partial charge on any atom is 0.243 e. The standard InChI is InChI=1S/C18H24ClN5O2S/c1-20-12-14-11-17(23(2)3)22-18(21-14)16-5-4-10-24(16)27(25,26)15-8-6-13(19)7-9-15/h6-9,11,16,20H,4-5,10,12H2,1-3H3/t16-/m1/s1. The monoisotopic (exact) mass is 409 g/mol. The van der Waals surface area contributed by atoms with Crippen LogP contribution in [0.2, 0.25) is 5.02 Å². The molecule has 2 heterocycles. The van der Waals surface area contributed by atoms with E-state index >= 15 is 0 Å². The summed E-state index contributed by atoms with van der Waals surface area (Å²) in [7, 11) is 2.02. The van der Waals surface area contributed by atoms with E-state index in [1.807, 2.05) is 32.1 Å². The summed E-state index contributed by atoms with van der Waals surface area (Å²) in [5.41, 5.74) is 0.835. The summed E-state index contributed by atoms with van der Waals surface area (Å²) in [4.78, 5) is 11.4. The Morgan fingerprint density at radius 1 is 1.26 bits per heavy atom. The molecule has 0 spiro atoms. The molecule has 7 nitrogen and oxygen atoms in total. The van der Waals surface area contributed by atoms with Gasteiger partial charge in [-0.15, -0.1) is 0 Å². The van der Waals surface area contributed by atoms with Crippen LogP contribution in [0.1, 0.15) is 30.4 Å². The van der Waals surface area contributed by atoms with E-state index in [1.54, 1.807) is 12.1 Å². The first kappa shape index (κ1) is 20.0. The third-order valence-electron chi connectivity index (χ3n) is 4.52. The second-order valence-electron chi connectivity index (χ2n) is 6.73. The van der Waals surface area contributed by atoms with Gasteiger partial charge in [-0.05, 0) is 44.2 Å². The van der Waals surface area contributed by atoms with Crippen LogP contribution >= 0.6 is 11.6 Å². The lowest BCUT2D eigenvalue weighted by Gasteiger charge is -2.24. The van der Waals surface area contributed by atoms with Gasteiger partial charge >= 0.3 is 0 Å². The molecule has 27 heavy (non-hydrogen) atoms. The second-order valence-corrected chi connectivity index (χ2v) is 9.06. The Morgan fingerprint density at radius 3 is 2.59 bits per heavy atom. The van der Waals surface area contributed by atoms with Crippen LogP contribution in [-0.2, 0) is 16.6 Å². The van der Waals surface area contributed by atoms with Gasteiger partial charge in [-0.1, -0.05) is 11.6 Å². The smallest absolute Gasteiger partial charge is 0.243 e. The Kier molecular flexibility index (Phi) is 6.00. The van der Waals surface area contributed by atoms with Crippen LogP contribution in [-0.4, -0.2) is 50.4 Å². The largest absolute Gasteiger partial charge is 0.363 e. The van der Waals surface area contributed by atoms with Gasteiger partial charge in [0, 0.05) is 38.3 Å². The van der Waals surface area contributed by atoms with E-state index in [2.05, 4.69) is 15.3 Å². The SMILES string of the molecule is CNCc1cc(N(C)C)nc([C@H]2CCCN2S(=O)(=O)c2ccc(Cl)cc2)n1. The lowest BCUT2D eigenvalue weighted by molar-refractivity contribution is 0.382. The summed E-state index contributed by atoms with van der Waals surface area (Å²) in [5, 5.41) is 3.59. The highest BCUT2D eigenvalue weighted by molar-refractivity contribution is 7.89. The second kappa shape index (κ2) is 8.10. The van der Waals surface area contributed by atoms with E-state index in [0.29, 0.717) is 30.4 Å². The molecule has 2 aromatic rings. The van der Waals surface area contributed by atoms with Crippen LogP contribution < -0.4 is 10.2 Å². The van der Waals surface area contributed by atoms with Crippen molar-refractivity contribution < 1.29 is 8.42 Å². The van der Waals surface area contributed by atoms with Crippen LogP contribution in [0.5, 0.6) is 0 Å². The number of nitrogens with zero attached hydrogens (tertiary/aromatic N) is 4. The van der Waals surface area contributed by atoms with Gasteiger partial charge in [0.05, 0.1) is 16.6 Å². The lowest BCUT2D eigenvalue weighted by Crippen LogP contribution is -2.32. The predicted octanol–water partition coefficient (Wildman–Crippen LogP) is 2.44. The Balaban J connectivity index is 2.00. The average Bonchev–Trinajstić information content (AvgIpc) is 3.13. The van der Waals surface area contributed by atoms with E-state index in [-0.39, 0.29) is 10.9 Å². The normalized spacial score (nSPS) is 18.0. The van der Waals surface area contributed by atoms with Gasteiger partial charge in [-0.25, -0.2) is 18.4 Å². The number of anilines is 1. The van der Waals surface area contributed by atoms with Crippen molar-refractivity contribution >= 4 is 27.4 Å². The molecule has 1 N–H and O–H groups in total. The molecule has 0 aliphatic carbocycles. The summed E-state index contributed by atoms with van der Waals surface area (Å²) in [6, 6.07) is 7.79. The fourth-order valence-corrected chi connectivity index (χ4v) is 4.96. The van der Waals surface area contributed by atoms with Gasteiger partial charge in [-0.3, -0.25) is 0 Å². The van der Waals surface area contributed by atoms with Gasteiger partial charge in [-0.2, -0.15) is 4.31 Å². The summed E-state index contributed by atoms with van der Waals surface area (Å²) in [6.45, 7) is 1.04. The fourth-order valence-electron chi connectivity index (χ4n) is 3.18. The summed E-state index contributed by atoms with van der Waals surface area (Å²) < 4.78 is 27.8. The molecule has 0 radical (unpaired) electrons. The van der Waals surface area contributed by atoms with Crippen LogP contribution in [0.3, 0.4) is 0 Å². The van der Waals surface area contributed by atoms with Gasteiger partial charge in [0.1, 0.15) is 11.6 Å². The van der Waals surface area contributed by atoms with E-state index in [9.17, 15) is 8.42 Å². The van der Waals surface area contributed by atoms with Crippen molar-refractivity contribution in [2.75, 3.05) is 32.6 Å². The zero-order chi connectivity index (χ0) is 19.6. The lowest BCUT2D eigenvalue weighted by atomic mass is 10.2. The molecular weight excluding hydrogens is 386 g/mol. The van der Waals surface area contributed by atoms with Crippen LogP contribution in [0.25, 0.3) is 0 Å². The highest BCUT2D eigenvalue weighted by Crippen LogP contribution is 2.36. The molecule has 9 heteroatoms. The Bertz CT molecular complexity index is 902. The van der Waals surface area contributed by atoms with E-state index in [0.717, 1.165) is 17.9 Å². The maximum absolute atomic E-state index is 13.2. The van der Waals surface area contributed by atoms with Crippen molar-refractivity contribution in [3.05, 3.63) is 46.9 Å². The Morgan fingerprint density at radius 2 is 1.96 bits per heavy atom. The predicted molar refractivity (Wildman–Crippen MR) is 106 cm³/mol. The molecule has 1 aliphatic heterocycles. The minimum Gasteiger partial charge on any atom is -0.363 e. The molecular formula is C18H24ClN5O2S. The van der Waals surface area contributed by atoms with E-state index < -0.39 is 10.0 Å². The molecule has 1 fully saturated rings. The first-order valence-electron chi connectivity index (χ1n) is 8.80. The van der Waals surface area contributed by atoms with E-state index in [4.69, 9.17) is 11.6 Å². The van der Waals surface area contributed by atoms with Gasteiger partial charge in [0.25, 0.3) is 0 Å². The van der Waals surface area contributed by atoms with Gasteiger partial charge in [0.15, 0.2) is 0 Å². The third-order valence-corrected chi connectivity index (χ3v) is 6.70. The Labute approximate surface area is 165 Å². The van der Waals surface area contributed by atoms with Crippen LogP contribution in [0, 0.1) is 0 Å². The molecule has 1 aromatic carbocycles. The molecule has 1 aliphatic rings. The molecule has 0 unspecified atom stereocenters. The van der Waals surface area contributed by atoms with Crippen molar-refractivity contribution in [3.8, 4) is 0 Å². The minimum absolute atomic E-state index is 0.234. The molecule has 0 bridgehead atoms. The fraction of sp³-hybridized carbons (Fsp3) is 0.444. The van der Waals surface area contributed by atoms with Crippen molar-refractivity contribution in [2.24, 2.45) is 0 Å². The van der Waals surface area contributed by atoms with Crippen LogP contribution in [0.15, 0.2) is 35.2 Å². The number of nitrogens with one attached hydrogen (secondary N) is 1. The number of hydrogen-bond donors (Lipinski definition) is 1. The van der Waals surface area contributed by atoms with Crippen molar-refractivity contribution in [3.63, 3.8) is 0 Å². The Hall–Kier alpha value is -1.74. The first-order valence-corrected chi connectivity index (χ1v) is 10.6. The molecule has 1 atom stereocenters.